The molecule has 0 bridgehead atoms. The maximum Gasteiger partial charge on any atom is 0.143 e. The molecule has 1 nitrogen and oxygen atoms in total. The van der Waals surface area contributed by atoms with Crippen LogP contribution in [0.4, 0.5) is 0 Å². The molecule has 0 saturated heterocycles. The van der Waals surface area contributed by atoms with Crippen molar-refractivity contribution in [2.45, 2.75) is 0 Å². The smallest absolute Gasteiger partial charge is 0.143 e. The Morgan fingerprint density at radius 3 is 1.56 bits per heavy atom. The zero-order valence-corrected chi connectivity index (χ0v) is 22.0. The van der Waals surface area contributed by atoms with E-state index in [1.807, 2.05) is 0 Å². The molecule has 0 aliphatic heterocycles. The fraction of sp³-hybridized carbons (Fsp3) is 0. The Hall–Kier alpha value is -5.66. The lowest BCUT2D eigenvalue weighted by Crippen LogP contribution is -1.92. The van der Waals surface area contributed by atoms with E-state index in [-0.39, 0.29) is 55.0 Å². The molecule has 200 valence electrons. The summed E-state index contributed by atoms with van der Waals surface area (Å²) < 4.78 is 165. The second-order valence-electron chi connectivity index (χ2n) is 9.85. The normalized spacial score (nSPS) is 17.6. The van der Waals surface area contributed by atoms with E-state index in [0.29, 0.717) is 21.5 Å². The summed E-state index contributed by atoms with van der Waals surface area (Å²) in [6, 6.07) is 2.08. The van der Waals surface area contributed by atoms with Gasteiger partial charge in [-0.2, -0.15) is 0 Å². The van der Waals surface area contributed by atoms with Gasteiger partial charge in [-0.05, 0) is 60.6 Å². The molecule has 43 heavy (non-hydrogen) atoms. The van der Waals surface area contributed by atoms with Crippen molar-refractivity contribution < 1.29 is 29.1 Å². The van der Waals surface area contributed by atoms with Crippen molar-refractivity contribution in [1.82, 2.24) is 0 Å². The Labute approximate surface area is 274 Å². The van der Waals surface area contributed by atoms with E-state index < -0.39 is 120 Å². The molecule has 0 unspecified atom stereocenters. The molecule has 8 aromatic carbocycles. The van der Waals surface area contributed by atoms with Crippen LogP contribution in [0.2, 0.25) is 0 Å². The average molecular weight is 565 g/mol. The van der Waals surface area contributed by atoms with Crippen LogP contribution in [0.5, 0.6) is 0 Å². The van der Waals surface area contributed by atoms with E-state index >= 15 is 0 Å². The van der Waals surface area contributed by atoms with Crippen LogP contribution < -0.4 is 0 Å². The number of para-hydroxylation sites is 2. The minimum absolute atomic E-state index is 0.0152. The molecule has 0 aliphatic rings. The Morgan fingerprint density at radius 1 is 0.372 bits per heavy atom. The molecule has 1 heteroatoms. The van der Waals surface area contributed by atoms with E-state index in [9.17, 15) is 5.48 Å². The highest BCUT2D eigenvalue weighted by molar-refractivity contribution is 6.26. The maximum absolute atomic E-state index is 9.64. The monoisotopic (exact) mass is 564 g/mol. The van der Waals surface area contributed by atoms with Crippen molar-refractivity contribution >= 4 is 54.3 Å². The Bertz CT molecular complexity index is 3430. The Kier molecular flexibility index (Phi) is 2.70. The van der Waals surface area contributed by atoms with Crippen molar-refractivity contribution in [3.8, 4) is 33.4 Å². The number of fused-ring (bicyclic) bond motifs is 6. The number of benzene rings is 8. The van der Waals surface area contributed by atoms with Gasteiger partial charge in [0.15, 0.2) is 0 Å². The Balaban J connectivity index is 1.52. The molecule has 0 fully saturated rings. The van der Waals surface area contributed by atoms with Crippen molar-refractivity contribution in [2.75, 3.05) is 0 Å². The van der Waals surface area contributed by atoms with Gasteiger partial charge in [-0.3, -0.25) is 0 Å². The van der Waals surface area contributed by atoms with Crippen LogP contribution >= 0.6 is 0 Å². The average Bonchev–Trinajstić information content (AvgIpc) is 3.66. The third-order valence-electron chi connectivity index (χ3n) is 7.62. The first-order valence-electron chi connectivity index (χ1n) is 22.3. The van der Waals surface area contributed by atoms with Gasteiger partial charge in [0.25, 0.3) is 0 Å². The summed E-state index contributed by atoms with van der Waals surface area (Å²) in [6.07, 6.45) is 0. The lowest BCUT2D eigenvalue weighted by molar-refractivity contribution is 0.670. The van der Waals surface area contributed by atoms with Crippen LogP contribution in [-0.4, -0.2) is 0 Å². The molecule has 0 saturated carbocycles. The molecule has 0 N–H and O–H groups in total. The van der Waals surface area contributed by atoms with Crippen LogP contribution in [0, 0.1) is 0 Å². The highest BCUT2D eigenvalue weighted by atomic mass is 16.3. The highest BCUT2D eigenvalue weighted by Gasteiger charge is 2.21. The van der Waals surface area contributed by atoms with Gasteiger partial charge in [-0.25, -0.2) is 0 Å². The zero-order valence-electron chi connectivity index (χ0n) is 40.0. The predicted octanol–water partition coefficient (Wildman–Crippen LogP) is 12.0. The van der Waals surface area contributed by atoms with Crippen LogP contribution in [0.1, 0.15) is 24.7 Å². The lowest BCUT2D eigenvalue weighted by Gasteiger charge is -2.19. The first-order valence-corrected chi connectivity index (χ1v) is 13.3. The van der Waals surface area contributed by atoms with E-state index in [2.05, 4.69) is 0 Å². The molecule has 0 spiro atoms. The van der Waals surface area contributed by atoms with Crippen LogP contribution in [0.25, 0.3) is 87.6 Å². The first-order chi connectivity index (χ1) is 28.8. The topological polar surface area (TPSA) is 13.1 Å². The third kappa shape index (κ3) is 3.58. The summed E-state index contributed by atoms with van der Waals surface area (Å²) in [5.74, 6) is 0. The molecular formula is C42H26O. The molecular weight excluding hydrogens is 520 g/mol. The SMILES string of the molecule is [2H]c1c([2H])c([2H])c(-c2c([2H])c([2H])c(-c3c4ccccc4c(-c4c([2H])c([2H])c([2H])c5c4oc4c([2H])c([2H])c([2H])c([2H])c45)c4ccccc34)c3c([2H])c([2H])c([2H])c([2H])c23)c([2H])c1[2H]. The van der Waals surface area contributed by atoms with Crippen LogP contribution in [0.3, 0.4) is 0 Å². The third-order valence-corrected chi connectivity index (χ3v) is 7.62. The van der Waals surface area contributed by atoms with E-state index in [1.165, 1.54) is 0 Å². The zero-order chi connectivity index (χ0) is 44.0. The molecule has 0 amide bonds. The lowest BCUT2D eigenvalue weighted by atomic mass is 9.83. The number of hydrogen-bond donors (Lipinski definition) is 0. The molecule has 0 atom stereocenters. The van der Waals surface area contributed by atoms with Crippen LogP contribution in [-0.2, 0) is 0 Å². The largest absolute Gasteiger partial charge is 0.455 e. The van der Waals surface area contributed by atoms with Crippen LogP contribution in [0.15, 0.2) is 162 Å². The summed E-state index contributed by atoms with van der Waals surface area (Å²) in [7, 11) is 0. The molecule has 1 heterocycles. The highest BCUT2D eigenvalue weighted by Crippen LogP contribution is 2.48. The minimum Gasteiger partial charge on any atom is -0.455 e. The Morgan fingerprint density at radius 2 is 0.884 bits per heavy atom. The molecule has 0 aliphatic carbocycles. The van der Waals surface area contributed by atoms with Crippen molar-refractivity contribution in [2.24, 2.45) is 0 Å². The van der Waals surface area contributed by atoms with Gasteiger partial charge in [-0.15, -0.1) is 0 Å². The summed E-state index contributed by atoms with van der Waals surface area (Å²) in [4.78, 5) is 0. The first kappa shape index (κ1) is 12.3. The standard InChI is InChI=1S/C42H26O/c1-2-13-27(14-3-1)28-25-26-36(30-16-5-4-15-29(28)30)40-32-18-6-8-20-34(32)41(35-21-9-7-19-33(35)40)38-23-12-22-37-31-17-10-11-24-39(31)43-42(37)38/h1-26H/i1D,2D,3D,4D,5D,10D,11D,12D,13D,14D,15D,16D,17D,22D,23D,24D,25D,26D. The van der Waals surface area contributed by atoms with E-state index in [4.69, 9.17) is 23.6 Å². The summed E-state index contributed by atoms with van der Waals surface area (Å²) in [5, 5.41) is 0.550. The van der Waals surface area contributed by atoms with Crippen molar-refractivity contribution in [1.29, 1.82) is 0 Å². The second-order valence-corrected chi connectivity index (χ2v) is 9.85. The quantitative estimate of drug-likeness (QED) is 0.195. The molecule has 9 rings (SSSR count). The van der Waals surface area contributed by atoms with Gasteiger partial charge in [0, 0.05) is 21.9 Å². The molecule has 0 radical (unpaired) electrons. The summed E-state index contributed by atoms with van der Waals surface area (Å²) >= 11 is 0. The van der Waals surface area contributed by atoms with Gasteiger partial charge in [0.05, 0.1) is 24.7 Å². The predicted molar refractivity (Wildman–Crippen MR) is 183 cm³/mol. The maximum atomic E-state index is 9.64. The van der Waals surface area contributed by atoms with Gasteiger partial charge >= 0.3 is 0 Å². The van der Waals surface area contributed by atoms with E-state index in [1.54, 1.807) is 48.5 Å². The summed E-state index contributed by atoms with van der Waals surface area (Å²) in [5.41, 5.74) is -1.03. The fourth-order valence-corrected chi connectivity index (χ4v) is 5.86. The van der Waals surface area contributed by atoms with Crippen molar-refractivity contribution in [3.63, 3.8) is 0 Å². The van der Waals surface area contributed by atoms with Gasteiger partial charge < -0.3 is 4.42 Å². The molecule has 9 aromatic rings. The van der Waals surface area contributed by atoms with E-state index in [0.717, 1.165) is 0 Å². The fourth-order valence-electron chi connectivity index (χ4n) is 5.86. The summed E-state index contributed by atoms with van der Waals surface area (Å²) in [6.45, 7) is 0. The van der Waals surface area contributed by atoms with Gasteiger partial charge in [0.1, 0.15) is 11.2 Å². The van der Waals surface area contributed by atoms with Gasteiger partial charge in [-0.1, -0.05) is 151 Å². The number of hydrogen-bond acceptors (Lipinski definition) is 1. The second kappa shape index (κ2) is 9.44. The minimum atomic E-state index is -0.743. The van der Waals surface area contributed by atoms with Crippen molar-refractivity contribution in [3.05, 3.63) is 157 Å². The number of rotatable bonds is 3. The number of furan rings is 1. The molecule has 1 aromatic heterocycles. The van der Waals surface area contributed by atoms with Gasteiger partial charge in [0.2, 0.25) is 0 Å².